The summed E-state index contributed by atoms with van der Waals surface area (Å²) in [7, 11) is 0. The molecule has 1 aromatic rings. The molecule has 0 fully saturated rings. The van der Waals surface area contributed by atoms with Crippen LogP contribution in [-0.4, -0.2) is 14.7 Å². The number of carbonyl (C=O) groups is 1. The molecule has 4 nitrogen and oxygen atoms in total. The van der Waals surface area contributed by atoms with E-state index in [9.17, 15) is 9.00 Å². The number of amides is 1. The van der Waals surface area contributed by atoms with Crippen LogP contribution in [0.1, 0.15) is 6.92 Å². The van der Waals surface area contributed by atoms with Gasteiger partial charge in [-0.15, -0.1) is 12.4 Å². The van der Waals surface area contributed by atoms with Crippen LogP contribution in [0.15, 0.2) is 29.2 Å². The van der Waals surface area contributed by atoms with Gasteiger partial charge in [-0.05, 0) is 24.3 Å². The lowest BCUT2D eigenvalue weighted by Crippen LogP contribution is -2.05. The van der Waals surface area contributed by atoms with Crippen LogP contribution in [0.25, 0.3) is 0 Å². The van der Waals surface area contributed by atoms with Crippen molar-refractivity contribution in [2.45, 2.75) is 11.8 Å². The fraction of sp³-hybridized carbons (Fsp3) is 0.125. The molecule has 0 aliphatic rings. The van der Waals surface area contributed by atoms with Crippen LogP contribution in [0, 0.1) is 0 Å². The minimum absolute atomic E-state index is 0. The van der Waals surface area contributed by atoms with Crippen molar-refractivity contribution < 1.29 is 13.6 Å². The standard InChI is InChI=1S/C8H9NO3S.ClH/c1-6(10)9-7-2-4-8(5-3-7)13(11)12;/h2-5H,1H3,(H,9,10)(H,11,12);1H. The van der Waals surface area contributed by atoms with Gasteiger partial charge in [-0.25, -0.2) is 4.21 Å². The van der Waals surface area contributed by atoms with Crippen molar-refractivity contribution in [3.05, 3.63) is 24.3 Å². The van der Waals surface area contributed by atoms with Gasteiger partial charge in [0, 0.05) is 12.6 Å². The average Bonchev–Trinajstić information content (AvgIpc) is 2.04. The highest BCUT2D eigenvalue weighted by atomic mass is 35.5. The van der Waals surface area contributed by atoms with E-state index >= 15 is 0 Å². The molecule has 78 valence electrons. The molecule has 0 aliphatic carbocycles. The second-order valence-corrected chi connectivity index (χ2v) is 3.42. The highest BCUT2D eigenvalue weighted by Crippen LogP contribution is 2.11. The van der Waals surface area contributed by atoms with Crippen LogP contribution in [-0.2, 0) is 15.9 Å². The Morgan fingerprint density at radius 1 is 1.36 bits per heavy atom. The van der Waals surface area contributed by atoms with Crippen molar-refractivity contribution in [1.82, 2.24) is 0 Å². The molecule has 1 rings (SSSR count). The molecule has 1 atom stereocenters. The number of hydrogen-bond acceptors (Lipinski definition) is 2. The Bertz CT molecular complexity index is 339. The van der Waals surface area contributed by atoms with E-state index in [1.54, 1.807) is 12.1 Å². The van der Waals surface area contributed by atoms with E-state index in [-0.39, 0.29) is 18.3 Å². The molecule has 0 spiro atoms. The summed E-state index contributed by atoms with van der Waals surface area (Å²) in [5, 5.41) is 2.55. The molecule has 1 amide bonds. The van der Waals surface area contributed by atoms with Gasteiger partial charge in [-0.1, -0.05) is 0 Å². The summed E-state index contributed by atoms with van der Waals surface area (Å²) in [6.45, 7) is 1.40. The van der Waals surface area contributed by atoms with Crippen LogP contribution in [0.4, 0.5) is 5.69 Å². The second kappa shape index (κ2) is 5.74. The summed E-state index contributed by atoms with van der Waals surface area (Å²) in [4.78, 5) is 10.9. The molecule has 0 saturated carbocycles. The third-order valence-electron chi connectivity index (χ3n) is 1.38. The van der Waals surface area contributed by atoms with Gasteiger partial charge in [0.25, 0.3) is 0 Å². The average molecular weight is 236 g/mol. The molecule has 2 N–H and O–H groups in total. The first-order valence-corrected chi connectivity index (χ1v) is 4.69. The molecule has 6 heteroatoms. The van der Waals surface area contributed by atoms with Crippen LogP contribution < -0.4 is 5.32 Å². The summed E-state index contributed by atoms with van der Waals surface area (Å²) in [5.41, 5.74) is 0.613. The van der Waals surface area contributed by atoms with Gasteiger partial charge in [-0.2, -0.15) is 0 Å². The van der Waals surface area contributed by atoms with Crippen LogP contribution in [0.2, 0.25) is 0 Å². The summed E-state index contributed by atoms with van der Waals surface area (Å²) < 4.78 is 19.2. The molecular formula is C8H10ClNO3S. The summed E-state index contributed by atoms with van der Waals surface area (Å²) in [6, 6.07) is 6.12. The SMILES string of the molecule is CC(=O)Nc1ccc(S(=O)O)cc1.Cl. The van der Waals surface area contributed by atoms with Gasteiger partial charge in [-0.3, -0.25) is 4.79 Å². The zero-order chi connectivity index (χ0) is 9.84. The van der Waals surface area contributed by atoms with Crippen molar-refractivity contribution in [2.75, 3.05) is 5.32 Å². The quantitative estimate of drug-likeness (QED) is 0.766. The zero-order valence-corrected chi connectivity index (χ0v) is 9.02. The molecule has 0 bridgehead atoms. The predicted molar refractivity (Wildman–Crippen MR) is 57.0 cm³/mol. The smallest absolute Gasteiger partial charge is 0.221 e. The Morgan fingerprint density at radius 2 is 1.86 bits per heavy atom. The maximum absolute atomic E-state index is 10.6. The Labute approximate surface area is 90.4 Å². The van der Waals surface area contributed by atoms with Crippen LogP contribution >= 0.6 is 12.4 Å². The van der Waals surface area contributed by atoms with Gasteiger partial charge < -0.3 is 9.87 Å². The topological polar surface area (TPSA) is 66.4 Å². The highest BCUT2D eigenvalue weighted by Gasteiger charge is 1.99. The molecule has 0 aliphatic heterocycles. The van der Waals surface area contributed by atoms with Crippen molar-refractivity contribution in [3.63, 3.8) is 0 Å². The third-order valence-corrected chi connectivity index (χ3v) is 2.05. The Kier molecular flexibility index (Phi) is 5.37. The first-order valence-electron chi connectivity index (χ1n) is 3.58. The van der Waals surface area contributed by atoms with E-state index in [1.807, 2.05) is 0 Å². The lowest BCUT2D eigenvalue weighted by molar-refractivity contribution is -0.114. The van der Waals surface area contributed by atoms with E-state index in [0.29, 0.717) is 10.6 Å². The number of halogens is 1. The van der Waals surface area contributed by atoms with Crippen LogP contribution in [0.3, 0.4) is 0 Å². The molecule has 14 heavy (non-hydrogen) atoms. The zero-order valence-electron chi connectivity index (χ0n) is 7.39. The summed E-state index contributed by atoms with van der Waals surface area (Å²) >= 11 is -1.96. The third kappa shape index (κ3) is 3.87. The number of hydrogen-bond donors (Lipinski definition) is 2. The maximum Gasteiger partial charge on any atom is 0.221 e. The molecule has 0 aromatic heterocycles. The fourth-order valence-corrected chi connectivity index (χ4v) is 1.23. The van der Waals surface area contributed by atoms with Gasteiger partial charge in [0.05, 0.1) is 4.90 Å². The monoisotopic (exact) mass is 235 g/mol. The number of anilines is 1. The van der Waals surface area contributed by atoms with E-state index in [2.05, 4.69) is 5.32 Å². The van der Waals surface area contributed by atoms with E-state index < -0.39 is 11.1 Å². The molecule has 1 unspecified atom stereocenters. The van der Waals surface area contributed by atoms with E-state index in [1.165, 1.54) is 19.1 Å². The lowest BCUT2D eigenvalue weighted by atomic mass is 10.3. The van der Waals surface area contributed by atoms with Gasteiger partial charge >= 0.3 is 0 Å². The molecular weight excluding hydrogens is 226 g/mol. The molecule has 0 saturated heterocycles. The second-order valence-electron chi connectivity index (χ2n) is 2.45. The highest BCUT2D eigenvalue weighted by molar-refractivity contribution is 7.79. The normalized spacial score (nSPS) is 11.3. The predicted octanol–water partition coefficient (Wildman–Crippen LogP) is 1.65. The fourth-order valence-electron chi connectivity index (χ4n) is 0.858. The number of benzene rings is 1. The van der Waals surface area contributed by atoms with Crippen molar-refractivity contribution in [3.8, 4) is 0 Å². The molecule has 0 heterocycles. The number of rotatable bonds is 2. The Hall–Kier alpha value is -0.910. The van der Waals surface area contributed by atoms with Crippen molar-refractivity contribution >= 4 is 35.1 Å². The van der Waals surface area contributed by atoms with E-state index in [0.717, 1.165) is 0 Å². The van der Waals surface area contributed by atoms with Crippen LogP contribution in [0.5, 0.6) is 0 Å². The number of nitrogens with one attached hydrogen (secondary N) is 1. The summed E-state index contributed by atoms with van der Waals surface area (Å²) in [5.74, 6) is -0.169. The van der Waals surface area contributed by atoms with Gasteiger partial charge in [0.1, 0.15) is 0 Å². The minimum atomic E-state index is -1.96. The summed E-state index contributed by atoms with van der Waals surface area (Å²) in [6.07, 6.45) is 0. The lowest BCUT2D eigenvalue weighted by Gasteiger charge is -2.01. The molecule has 1 aromatic carbocycles. The Balaban J connectivity index is 0.00000169. The maximum atomic E-state index is 10.6. The first kappa shape index (κ1) is 13.1. The van der Waals surface area contributed by atoms with E-state index in [4.69, 9.17) is 4.55 Å². The van der Waals surface area contributed by atoms with Crippen molar-refractivity contribution in [1.29, 1.82) is 0 Å². The number of carbonyl (C=O) groups excluding carboxylic acids is 1. The molecule has 0 radical (unpaired) electrons. The minimum Gasteiger partial charge on any atom is -0.326 e. The van der Waals surface area contributed by atoms with Crippen molar-refractivity contribution in [2.24, 2.45) is 0 Å². The van der Waals surface area contributed by atoms with Gasteiger partial charge in [0.15, 0.2) is 11.1 Å². The Morgan fingerprint density at radius 3 is 2.21 bits per heavy atom. The van der Waals surface area contributed by atoms with Gasteiger partial charge in [0.2, 0.25) is 5.91 Å². The first-order chi connectivity index (χ1) is 6.09. The largest absolute Gasteiger partial charge is 0.326 e.